The predicted molar refractivity (Wildman–Crippen MR) is 129 cm³/mol. The zero-order valence-electron chi connectivity index (χ0n) is 18.6. The fourth-order valence-corrected chi connectivity index (χ4v) is 6.41. The molecule has 2 saturated carbocycles. The minimum Gasteiger partial charge on any atom is -0.382 e. The number of ketones is 1. The number of carbonyl (C=O) groups is 1. The van der Waals surface area contributed by atoms with Crippen LogP contribution in [0.2, 0.25) is 0 Å². The molecule has 5 heteroatoms. The van der Waals surface area contributed by atoms with Crippen LogP contribution in [0.25, 0.3) is 10.1 Å². The molecule has 0 unspecified atom stereocenters. The number of hydrogen-bond donors (Lipinski definition) is 1. The van der Waals surface area contributed by atoms with Gasteiger partial charge in [-0.25, -0.2) is 0 Å². The van der Waals surface area contributed by atoms with E-state index in [2.05, 4.69) is 39.4 Å². The van der Waals surface area contributed by atoms with E-state index in [1.54, 1.807) is 0 Å². The van der Waals surface area contributed by atoms with E-state index in [0.717, 1.165) is 25.4 Å². The number of aliphatic hydroxyl groups is 1. The van der Waals surface area contributed by atoms with Crippen LogP contribution in [0.5, 0.6) is 0 Å². The highest BCUT2D eigenvalue weighted by Gasteiger charge is 2.47. The second-order valence-electron chi connectivity index (χ2n) is 10.1. The minimum absolute atomic E-state index is 0.101. The van der Waals surface area contributed by atoms with Crippen LogP contribution in [0.15, 0.2) is 29.6 Å². The maximum absolute atomic E-state index is 12.0. The first-order valence-electron chi connectivity index (χ1n) is 12.3. The van der Waals surface area contributed by atoms with E-state index >= 15 is 0 Å². The van der Waals surface area contributed by atoms with E-state index in [9.17, 15) is 9.90 Å². The van der Waals surface area contributed by atoms with Crippen molar-refractivity contribution in [2.45, 2.75) is 63.4 Å². The lowest BCUT2D eigenvalue weighted by molar-refractivity contribution is -0.129. The van der Waals surface area contributed by atoms with E-state index in [0.29, 0.717) is 25.2 Å². The molecule has 2 aliphatic carbocycles. The molecule has 1 aromatic heterocycles. The summed E-state index contributed by atoms with van der Waals surface area (Å²) in [6.07, 6.45) is 9.48. The van der Waals surface area contributed by atoms with Gasteiger partial charge >= 0.3 is 0 Å². The number of anilines is 1. The van der Waals surface area contributed by atoms with Gasteiger partial charge in [-0.3, -0.25) is 9.69 Å². The molecule has 168 valence electrons. The van der Waals surface area contributed by atoms with Crippen molar-refractivity contribution in [3.63, 3.8) is 0 Å². The number of thiophene rings is 1. The Labute approximate surface area is 190 Å². The Kier molecular flexibility index (Phi) is 6.36. The largest absolute Gasteiger partial charge is 0.382 e. The van der Waals surface area contributed by atoms with Gasteiger partial charge in [-0.1, -0.05) is 31.7 Å². The molecule has 0 spiro atoms. The van der Waals surface area contributed by atoms with Crippen molar-refractivity contribution < 1.29 is 9.90 Å². The molecular formula is C26H36N2O2S. The first-order chi connectivity index (χ1) is 15.1. The maximum atomic E-state index is 12.0. The zero-order valence-corrected chi connectivity index (χ0v) is 19.4. The molecular weight excluding hydrogens is 404 g/mol. The highest BCUT2D eigenvalue weighted by atomic mass is 32.1. The van der Waals surface area contributed by atoms with Crippen LogP contribution in [-0.4, -0.2) is 54.1 Å². The monoisotopic (exact) mass is 440 g/mol. The van der Waals surface area contributed by atoms with Gasteiger partial charge in [-0.2, -0.15) is 0 Å². The fourth-order valence-electron chi connectivity index (χ4n) is 5.61. The first kappa shape index (κ1) is 21.4. The summed E-state index contributed by atoms with van der Waals surface area (Å²) in [6.45, 7) is 5.82. The number of hydrogen-bond acceptors (Lipinski definition) is 5. The lowest BCUT2D eigenvalue weighted by atomic mass is 9.78. The Morgan fingerprint density at radius 3 is 2.42 bits per heavy atom. The van der Waals surface area contributed by atoms with Gasteiger partial charge in [-0.05, 0) is 67.6 Å². The van der Waals surface area contributed by atoms with Crippen molar-refractivity contribution in [2.24, 2.45) is 11.8 Å². The van der Waals surface area contributed by atoms with Gasteiger partial charge in [0.1, 0.15) is 5.60 Å². The van der Waals surface area contributed by atoms with Crippen LogP contribution >= 0.6 is 11.3 Å². The molecule has 1 N–H and O–H groups in total. The van der Waals surface area contributed by atoms with Crippen molar-refractivity contribution in [3.05, 3.63) is 29.6 Å². The number of carbonyl (C=O) groups excluding carboxylic acids is 1. The average molecular weight is 441 g/mol. The molecule has 4 nitrogen and oxygen atoms in total. The summed E-state index contributed by atoms with van der Waals surface area (Å²) in [5, 5.41) is 13.5. The second-order valence-corrected chi connectivity index (χ2v) is 11.1. The quantitative estimate of drug-likeness (QED) is 0.621. The Bertz CT molecular complexity index is 890. The van der Waals surface area contributed by atoms with E-state index in [1.807, 2.05) is 11.3 Å². The molecule has 0 bridgehead atoms. The van der Waals surface area contributed by atoms with E-state index in [1.165, 1.54) is 67.5 Å². The molecule has 2 aromatic rings. The third-order valence-corrected chi connectivity index (χ3v) is 8.91. The summed E-state index contributed by atoms with van der Waals surface area (Å²) in [6, 6.07) is 8.96. The summed E-state index contributed by atoms with van der Waals surface area (Å²) in [4.78, 5) is 17.2. The van der Waals surface area contributed by atoms with Gasteiger partial charge in [0.2, 0.25) is 0 Å². The Balaban J connectivity index is 1.01. The van der Waals surface area contributed by atoms with Crippen molar-refractivity contribution in [1.29, 1.82) is 0 Å². The molecule has 0 amide bonds. The summed E-state index contributed by atoms with van der Waals surface area (Å²) >= 11 is 1.83. The molecule has 31 heavy (non-hydrogen) atoms. The van der Waals surface area contributed by atoms with Crippen LogP contribution in [0.1, 0.15) is 57.8 Å². The summed E-state index contributed by atoms with van der Waals surface area (Å²) in [5.74, 6) is 1.66. The van der Waals surface area contributed by atoms with Crippen LogP contribution in [0, 0.1) is 11.8 Å². The second kappa shape index (κ2) is 9.21. The molecule has 1 aliphatic heterocycles. The van der Waals surface area contributed by atoms with Gasteiger partial charge < -0.3 is 10.0 Å². The van der Waals surface area contributed by atoms with Gasteiger partial charge in [0.05, 0.1) is 0 Å². The number of fused-ring (bicyclic) bond motifs is 1. The zero-order chi connectivity index (χ0) is 21.3. The molecule has 5 rings (SSSR count). The SMILES string of the molecule is O=C(CC[C@H]1CC[C@H](CCN2CCN(c3cccc4sccc34)CC2)CC1)C1(O)CC1. The van der Waals surface area contributed by atoms with Gasteiger partial charge in [0.25, 0.3) is 0 Å². The van der Waals surface area contributed by atoms with Crippen molar-refractivity contribution in [2.75, 3.05) is 37.6 Å². The van der Waals surface area contributed by atoms with Crippen LogP contribution in [0.3, 0.4) is 0 Å². The first-order valence-corrected chi connectivity index (χ1v) is 13.2. The van der Waals surface area contributed by atoms with Gasteiger partial charge in [0, 0.05) is 48.4 Å². The van der Waals surface area contributed by atoms with E-state index < -0.39 is 5.60 Å². The third kappa shape index (κ3) is 4.99. The fraction of sp³-hybridized carbons (Fsp3) is 0.654. The number of Topliss-reactive ketones (excluding diaryl/α,β-unsaturated/α-hetero) is 1. The molecule has 1 saturated heterocycles. The molecule has 2 heterocycles. The Morgan fingerprint density at radius 2 is 1.71 bits per heavy atom. The van der Waals surface area contributed by atoms with Crippen molar-refractivity contribution in [1.82, 2.24) is 4.90 Å². The van der Waals surface area contributed by atoms with Gasteiger partial charge in [0.15, 0.2) is 5.78 Å². The Morgan fingerprint density at radius 1 is 1.00 bits per heavy atom. The average Bonchev–Trinajstić information content (AvgIpc) is 3.38. The topological polar surface area (TPSA) is 43.8 Å². The Hall–Kier alpha value is -1.43. The molecule has 0 radical (unpaired) electrons. The molecule has 3 aliphatic rings. The van der Waals surface area contributed by atoms with Crippen molar-refractivity contribution >= 4 is 32.9 Å². The van der Waals surface area contributed by atoms with Gasteiger partial charge in [-0.15, -0.1) is 11.3 Å². The lowest BCUT2D eigenvalue weighted by Crippen LogP contribution is -2.47. The van der Waals surface area contributed by atoms with Crippen LogP contribution < -0.4 is 4.90 Å². The third-order valence-electron chi connectivity index (χ3n) is 8.03. The number of piperazine rings is 1. The highest BCUT2D eigenvalue weighted by Crippen LogP contribution is 2.39. The van der Waals surface area contributed by atoms with E-state index in [4.69, 9.17) is 0 Å². The maximum Gasteiger partial charge on any atom is 0.164 e. The van der Waals surface area contributed by atoms with Crippen molar-refractivity contribution in [3.8, 4) is 0 Å². The van der Waals surface area contributed by atoms with Crippen LogP contribution in [-0.2, 0) is 4.79 Å². The standard InChI is InChI=1S/C26H36N2O2S/c29-25(26(30)12-13-26)9-8-20-4-6-21(7-5-20)10-14-27-15-17-28(18-16-27)23-2-1-3-24-22(23)11-19-31-24/h1-3,11,19-21,30H,4-10,12-18H2/t20-,21-. The summed E-state index contributed by atoms with van der Waals surface area (Å²) < 4.78 is 1.39. The predicted octanol–water partition coefficient (Wildman–Crippen LogP) is 5.09. The summed E-state index contributed by atoms with van der Waals surface area (Å²) in [5.41, 5.74) is 0.487. The molecule has 1 aromatic carbocycles. The normalized spacial score (nSPS) is 26.3. The number of rotatable bonds is 8. The highest BCUT2D eigenvalue weighted by molar-refractivity contribution is 7.17. The smallest absolute Gasteiger partial charge is 0.164 e. The van der Waals surface area contributed by atoms with Crippen LogP contribution in [0.4, 0.5) is 5.69 Å². The molecule has 0 atom stereocenters. The lowest BCUT2D eigenvalue weighted by Gasteiger charge is -2.37. The number of nitrogens with zero attached hydrogens (tertiary/aromatic N) is 2. The number of benzene rings is 1. The minimum atomic E-state index is -0.919. The van der Waals surface area contributed by atoms with E-state index in [-0.39, 0.29) is 5.78 Å². The summed E-state index contributed by atoms with van der Waals surface area (Å²) in [7, 11) is 0. The molecule has 3 fully saturated rings.